The molecule has 0 aromatic heterocycles. The molecule has 0 saturated carbocycles. The zero-order valence-electron chi connectivity index (χ0n) is 10.6. The molecular weight excluding hydrogens is 272 g/mol. The van der Waals surface area contributed by atoms with E-state index in [1.165, 1.54) is 0 Å². The second kappa shape index (κ2) is 6.97. The molecule has 1 aromatic rings. The minimum absolute atomic E-state index is 0.0965. The van der Waals surface area contributed by atoms with Crippen LogP contribution in [0.15, 0.2) is 24.3 Å². The van der Waals surface area contributed by atoms with Crippen molar-refractivity contribution in [1.82, 2.24) is 5.32 Å². The highest BCUT2D eigenvalue weighted by molar-refractivity contribution is 7.92. The van der Waals surface area contributed by atoms with Gasteiger partial charge in [-0.2, -0.15) is 0 Å². The summed E-state index contributed by atoms with van der Waals surface area (Å²) in [6.07, 6.45) is 0.577. The first-order chi connectivity index (χ1) is 8.39. The van der Waals surface area contributed by atoms with Crippen molar-refractivity contribution in [2.24, 2.45) is 0 Å². The first kappa shape index (κ1) is 15.3. The monoisotopic (exact) mass is 290 g/mol. The van der Waals surface area contributed by atoms with Gasteiger partial charge in [-0.05, 0) is 31.2 Å². The number of sulfonamides is 1. The van der Waals surface area contributed by atoms with Gasteiger partial charge in [0, 0.05) is 16.8 Å². The van der Waals surface area contributed by atoms with E-state index in [-0.39, 0.29) is 5.75 Å². The van der Waals surface area contributed by atoms with Crippen LogP contribution in [0.4, 0.5) is 5.69 Å². The van der Waals surface area contributed by atoms with Gasteiger partial charge in [-0.3, -0.25) is 4.72 Å². The van der Waals surface area contributed by atoms with Crippen LogP contribution in [-0.4, -0.2) is 26.8 Å². The van der Waals surface area contributed by atoms with Crippen LogP contribution in [0.5, 0.6) is 0 Å². The molecule has 1 aromatic carbocycles. The number of halogens is 1. The van der Waals surface area contributed by atoms with E-state index in [1.807, 2.05) is 13.8 Å². The molecule has 0 fully saturated rings. The summed E-state index contributed by atoms with van der Waals surface area (Å²) in [7, 11) is -3.30. The Hall–Kier alpha value is -0.780. The molecule has 102 valence electrons. The lowest BCUT2D eigenvalue weighted by Crippen LogP contribution is -2.26. The van der Waals surface area contributed by atoms with Crippen molar-refractivity contribution >= 4 is 27.3 Å². The second-order valence-corrected chi connectivity index (χ2v) is 6.67. The lowest BCUT2D eigenvalue weighted by molar-refractivity contribution is 0.571. The summed E-state index contributed by atoms with van der Waals surface area (Å²) < 4.78 is 26.1. The van der Waals surface area contributed by atoms with Gasteiger partial charge in [0.2, 0.25) is 10.0 Å². The highest BCUT2D eigenvalue weighted by Gasteiger charge is 2.10. The molecule has 18 heavy (non-hydrogen) atoms. The lowest BCUT2D eigenvalue weighted by Gasteiger charge is -2.10. The molecule has 0 radical (unpaired) electrons. The predicted octanol–water partition coefficient (Wildman–Crippen LogP) is 2.47. The van der Waals surface area contributed by atoms with E-state index in [0.29, 0.717) is 29.7 Å². The predicted molar refractivity (Wildman–Crippen MR) is 76.6 cm³/mol. The minimum Gasteiger partial charge on any atom is -0.314 e. The normalized spacial score (nSPS) is 11.8. The fraction of sp³-hybridized carbons (Fsp3) is 0.500. The average molecular weight is 291 g/mol. The van der Waals surface area contributed by atoms with Crippen molar-refractivity contribution in [3.8, 4) is 0 Å². The number of benzene rings is 1. The summed E-state index contributed by atoms with van der Waals surface area (Å²) in [6.45, 7) is 4.74. The topological polar surface area (TPSA) is 58.2 Å². The zero-order chi connectivity index (χ0) is 13.6. The number of hydrogen-bond acceptors (Lipinski definition) is 3. The van der Waals surface area contributed by atoms with Gasteiger partial charge >= 0.3 is 0 Å². The largest absolute Gasteiger partial charge is 0.314 e. The SMILES string of the molecule is CC(C)NCCCS(=O)(=O)Nc1cccc(Cl)c1. The standard InChI is InChI=1S/C12H19ClN2O2S/c1-10(2)14-7-4-8-18(16,17)15-12-6-3-5-11(13)9-12/h3,5-6,9-10,14-15H,4,7-8H2,1-2H3. The number of hydrogen-bond donors (Lipinski definition) is 2. The third kappa shape index (κ3) is 6.23. The van der Waals surface area contributed by atoms with Gasteiger partial charge in [0.1, 0.15) is 0 Å². The van der Waals surface area contributed by atoms with Gasteiger partial charge in [0.15, 0.2) is 0 Å². The molecule has 0 spiro atoms. The van der Waals surface area contributed by atoms with Crippen LogP contribution < -0.4 is 10.0 Å². The Morgan fingerprint density at radius 3 is 2.67 bits per heavy atom. The maximum Gasteiger partial charge on any atom is 0.232 e. The van der Waals surface area contributed by atoms with Crippen LogP contribution >= 0.6 is 11.6 Å². The maximum absolute atomic E-state index is 11.8. The van der Waals surface area contributed by atoms with Gasteiger partial charge in [-0.25, -0.2) is 8.42 Å². The Morgan fingerprint density at radius 1 is 1.33 bits per heavy atom. The van der Waals surface area contributed by atoms with E-state index in [0.717, 1.165) is 0 Å². The van der Waals surface area contributed by atoms with Crippen molar-refractivity contribution in [1.29, 1.82) is 0 Å². The Morgan fingerprint density at radius 2 is 2.06 bits per heavy atom. The smallest absolute Gasteiger partial charge is 0.232 e. The summed E-state index contributed by atoms with van der Waals surface area (Å²) in [5, 5.41) is 3.69. The van der Waals surface area contributed by atoms with Crippen molar-refractivity contribution in [2.45, 2.75) is 26.3 Å². The van der Waals surface area contributed by atoms with Gasteiger partial charge in [0.05, 0.1) is 5.75 Å². The van der Waals surface area contributed by atoms with E-state index in [4.69, 9.17) is 11.6 Å². The van der Waals surface area contributed by atoms with Crippen LogP contribution in [0.3, 0.4) is 0 Å². The van der Waals surface area contributed by atoms with Crippen molar-refractivity contribution in [3.05, 3.63) is 29.3 Å². The molecule has 0 unspecified atom stereocenters. The molecule has 1 rings (SSSR count). The van der Waals surface area contributed by atoms with E-state index < -0.39 is 10.0 Å². The average Bonchev–Trinajstić information content (AvgIpc) is 2.23. The molecule has 0 heterocycles. The summed E-state index contributed by atoms with van der Waals surface area (Å²) in [5.74, 6) is 0.0965. The molecule has 0 amide bonds. The third-order valence-electron chi connectivity index (χ3n) is 2.24. The van der Waals surface area contributed by atoms with Gasteiger partial charge < -0.3 is 5.32 Å². The molecule has 2 N–H and O–H groups in total. The highest BCUT2D eigenvalue weighted by Crippen LogP contribution is 2.16. The first-order valence-corrected chi connectivity index (χ1v) is 7.91. The molecule has 0 atom stereocenters. The summed E-state index contributed by atoms with van der Waals surface area (Å²) in [4.78, 5) is 0. The van der Waals surface area contributed by atoms with Crippen LogP contribution in [0, 0.1) is 0 Å². The van der Waals surface area contributed by atoms with Gasteiger partial charge in [0.25, 0.3) is 0 Å². The summed E-state index contributed by atoms with van der Waals surface area (Å²) in [5.41, 5.74) is 0.499. The third-order valence-corrected chi connectivity index (χ3v) is 3.85. The van der Waals surface area contributed by atoms with E-state index >= 15 is 0 Å². The molecule has 0 aliphatic heterocycles. The molecule has 0 bridgehead atoms. The zero-order valence-corrected chi connectivity index (χ0v) is 12.2. The van der Waals surface area contributed by atoms with Crippen molar-refractivity contribution in [2.75, 3.05) is 17.0 Å². The highest BCUT2D eigenvalue weighted by atomic mass is 35.5. The summed E-state index contributed by atoms with van der Waals surface area (Å²) in [6, 6.07) is 7.04. The molecule has 0 saturated heterocycles. The number of rotatable bonds is 7. The van der Waals surface area contributed by atoms with Gasteiger partial charge in [-0.1, -0.05) is 31.5 Å². The quantitative estimate of drug-likeness (QED) is 0.759. The Balaban J connectivity index is 2.45. The Labute approximate surface area is 114 Å². The second-order valence-electron chi connectivity index (χ2n) is 4.39. The molecular formula is C12H19ClN2O2S. The van der Waals surface area contributed by atoms with Crippen LogP contribution in [-0.2, 0) is 10.0 Å². The number of nitrogens with one attached hydrogen (secondary N) is 2. The van der Waals surface area contributed by atoms with Crippen molar-refractivity contribution < 1.29 is 8.42 Å². The first-order valence-electron chi connectivity index (χ1n) is 5.88. The van der Waals surface area contributed by atoms with Crippen LogP contribution in [0.25, 0.3) is 0 Å². The molecule has 0 aliphatic carbocycles. The summed E-state index contributed by atoms with van der Waals surface area (Å²) >= 11 is 5.79. The fourth-order valence-corrected chi connectivity index (χ4v) is 2.74. The van der Waals surface area contributed by atoms with E-state index in [1.54, 1.807) is 24.3 Å². The fourth-order valence-electron chi connectivity index (χ4n) is 1.44. The van der Waals surface area contributed by atoms with Crippen LogP contribution in [0.2, 0.25) is 5.02 Å². The Bertz CT molecular complexity index is 475. The molecule has 6 heteroatoms. The minimum atomic E-state index is -3.30. The molecule has 0 aliphatic rings. The Kier molecular flexibility index (Phi) is 5.91. The van der Waals surface area contributed by atoms with E-state index in [2.05, 4.69) is 10.0 Å². The molecule has 4 nitrogen and oxygen atoms in total. The van der Waals surface area contributed by atoms with Gasteiger partial charge in [-0.15, -0.1) is 0 Å². The van der Waals surface area contributed by atoms with E-state index in [9.17, 15) is 8.42 Å². The van der Waals surface area contributed by atoms with Crippen molar-refractivity contribution in [3.63, 3.8) is 0 Å². The van der Waals surface area contributed by atoms with Crippen LogP contribution in [0.1, 0.15) is 20.3 Å². The maximum atomic E-state index is 11.8. The lowest BCUT2D eigenvalue weighted by atomic mass is 10.3. The number of anilines is 1.